The third-order valence-corrected chi connectivity index (χ3v) is 10.4. The quantitative estimate of drug-likeness (QED) is 0.176. The van der Waals surface area contributed by atoms with Crippen molar-refractivity contribution in [2.75, 3.05) is 19.4 Å². The largest absolute Gasteiger partial charge is 0.455 e. The van der Waals surface area contributed by atoms with Crippen LogP contribution >= 0.6 is 0 Å². The summed E-state index contributed by atoms with van der Waals surface area (Å²) in [7, 11) is 1.33. The van der Waals surface area contributed by atoms with Gasteiger partial charge in [0.15, 0.2) is 11.4 Å². The Morgan fingerprint density at radius 3 is 2.39 bits per heavy atom. The first-order valence-corrected chi connectivity index (χ1v) is 16.9. The number of carbonyl (C=O) groups excluding carboxylic acids is 4. The third kappa shape index (κ3) is 7.35. The van der Waals surface area contributed by atoms with Crippen molar-refractivity contribution in [1.82, 2.24) is 19.9 Å². The zero-order chi connectivity index (χ0) is 36.5. The van der Waals surface area contributed by atoms with E-state index in [1.165, 1.54) is 25.9 Å². The summed E-state index contributed by atoms with van der Waals surface area (Å²) in [6.07, 6.45) is -0.438. The van der Waals surface area contributed by atoms with Crippen LogP contribution in [0.1, 0.15) is 74.1 Å². The highest BCUT2D eigenvalue weighted by Crippen LogP contribution is 2.42. The molecule has 2 aromatic rings. The molecule has 2 aliphatic heterocycles. The number of nitrogens with zero attached hydrogens (tertiary/aromatic N) is 4. The number of esters is 1. The van der Waals surface area contributed by atoms with E-state index in [4.69, 9.17) is 19.9 Å². The van der Waals surface area contributed by atoms with Gasteiger partial charge in [-0.1, -0.05) is 45.0 Å². The SMILES string of the molecule is CC[C@H]1OC(=O)[C@@](C)(F)C(=O)[C@H](C)[C@@H](O)[C@](C)(OC)C[C@@H](C)C(=O)[C@H](C)[C@H]2N(CCCCn3cc(-c4cccc(N)c4)nn3)C(=O)O[C@]12C. The number of methoxy groups -OCH3 is 1. The molecule has 1 aromatic heterocycles. The Labute approximate surface area is 286 Å². The predicted octanol–water partition coefficient (Wildman–Crippen LogP) is 4.15. The van der Waals surface area contributed by atoms with Crippen molar-refractivity contribution in [3.05, 3.63) is 30.5 Å². The van der Waals surface area contributed by atoms with Gasteiger partial charge >= 0.3 is 12.1 Å². The molecule has 2 saturated heterocycles. The van der Waals surface area contributed by atoms with E-state index >= 15 is 4.39 Å². The highest BCUT2D eigenvalue weighted by molar-refractivity contribution is 6.07. The normalized spacial score (nSPS) is 34.7. The van der Waals surface area contributed by atoms with Gasteiger partial charge in [0.1, 0.15) is 17.6 Å². The van der Waals surface area contributed by atoms with Gasteiger partial charge in [-0.05, 0) is 58.6 Å². The lowest BCUT2D eigenvalue weighted by Gasteiger charge is -2.43. The summed E-state index contributed by atoms with van der Waals surface area (Å²) >= 11 is 0. The average Bonchev–Trinajstić information content (AvgIpc) is 3.64. The number of ether oxygens (including phenoxy) is 3. The molecule has 0 saturated carbocycles. The van der Waals surface area contributed by atoms with Crippen molar-refractivity contribution in [2.45, 2.75) is 116 Å². The highest BCUT2D eigenvalue weighted by Gasteiger charge is 2.61. The summed E-state index contributed by atoms with van der Waals surface area (Å²) in [5.41, 5.74) is 1.89. The van der Waals surface area contributed by atoms with Crippen LogP contribution in [0.25, 0.3) is 11.3 Å². The van der Waals surface area contributed by atoms with Crippen molar-refractivity contribution in [3.63, 3.8) is 0 Å². The first kappa shape index (κ1) is 37.9. The van der Waals surface area contributed by atoms with Gasteiger partial charge in [-0.25, -0.2) is 14.0 Å². The molecule has 0 bridgehead atoms. The average molecular weight is 688 g/mol. The van der Waals surface area contributed by atoms with E-state index in [9.17, 15) is 24.3 Å². The number of cyclic esters (lactones) is 1. The molecule has 14 heteroatoms. The van der Waals surface area contributed by atoms with Gasteiger partial charge in [0.25, 0.3) is 5.67 Å². The fourth-order valence-electron chi connectivity index (χ4n) is 7.46. The highest BCUT2D eigenvalue weighted by atomic mass is 19.1. The molecule has 2 aliphatic rings. The van der Waals surface area contributed by atoms with Crippen LogP contribution in [0.5, 0.6) is 0 Å². The van der Waals surface area contributed by atoms with Crippen LogP contribution in [0, 0.1) is 17.8 Å². The summed E-state index contributed by atoms with van der Waals surface area (Å²) < 4.78 is 35.0. The zero-order valence-corrected chi connectivity index (χ0v) is 29.6. The van der Waals surface area contributed by atoms with Crippen LogP contribution in [-0.4, -0.2) is 97.4 Å². The van der Waals surface area contributed by atoms with Gasteiger partial charge in [-0.3, -0.25) is 14.3 Å². The molecule has 0 aliphatic carbocycles. The number of Topliss-reactive ketones (excluding diaryl/α,β-unsaturated/α-hetero) is 2. The Hall–Kier alpha value is -3.91. The number of anilines is 1. The number of aliphatic hydroxyl groups is 1. The van der Waals surface area contributed by atoms with Gasteiger partial charge in [0.05, 0.1) is 23.9 Å². The van der Waals surface area contributed by atoms with E-state index in [-0.39, 0.29) is 25.2 Å². The summed E-state index contributed by atoms with van der Waals surface area (Å²) in [4.78, 5) is 55.9. The number of amides is 1. The third-order valence-electron chi connectivity index (χ3n) is 10.4. The monoisotopic (exact) mass is 687 g/mol. The number of aliphatic hydroxyl groups excluding tert-OH is 1. The van der Waals surface area contributed by atoms with Crippen LogP contribution < -0.4 is 5.73 Å². The molecule has 1 amide bonds. The smallest absolute Gasteiger partial charge is 0.410 e. The lowest BCUT2D eigenvalue weighted by atomic mass is 9.73. The summed E-state index contributed by atoms with van der Waals surface area (Å²) in [6, 6.07) is 6.42. The molecule has 49 heavy (non-hydrogen) atoms. The maximum atomic E-state index is 16.1. The second-order valence-electron chi connectivity index (χ2n) is 14.1. The van der Waals surface area contributed by atoms with Crippen LogP contribution in [-0.2, 0) is 35.1 Å². The standard InChI is InChI=1S/C35H50FN5O8/c1-9-26-35(7)28(41(32(46)49-35)16-11-10-15-40-19-25(38-39-40)23-13-12-14-24(37)17-23)21(3)27(42)20(2)18-33(5,47-8)29(43)22(4)30(44)34(6,36)31(45)48-26/h12-14,17,19-22,26,28-29,43H,9-11,15-16,18,37H2,1-8H3/t20-,21+,22-,26-,28-,29-,33-,34+,35-/m1/s1. The van der Waals surface area contributed by atoms with Crippen molar-refractivity contribution >= 4 is 29.3 Å². The molecule has 1 aromatic carbocycles. The summed E-state index contributed by atoms with van der Waals surface area (Å²) in [6.45, 7) is 11.0. The van der Waals surface area contributed by atoms with Gasteiger partial charge in [0, 0.05) is 49.2 Å². The predicted molar refractivity (Wildman–Crippen MR) is 178 cm³/mol. The number of fused-ring (bicyclic) bond motifs is 1. The second-order valence-corrected chi connectivity index (χ2v) is 14.1. The number of nitrogen functional groups attached to an aromatic ring is 1. The molecule has 4 rings (SSSR count). The molecule has 13 nitrogen and oxygen atoms in total. The zero-order valence-electron chi connectivity index (χ0n) is 29.6. The fourth-order valence-corrected chi connectivity index (χ4v) is 7.46. The van der Waals surface area contributed by atoms with E-state index in [1.54, 1.807) is 38.4 Å². The van der Waals surface area contributed by atoms with Crippen LogP contribution in [0.2, 0.25) is 0 Å². The Morgan fingerprint density at radius 2 is 1.76 bits per heavy atom. The van der Waals surface area contributed by atoms with Gasteiger partial charge in [0.2, 0.25) is 0 Å². The summed E-state index contributed by atoms with van der Waals surface area (Å²) in [5, 5.41) is 19.7. The van der Waals surface area contributed by atoms with Crippen molar-refractivity contribution in [3.8, 4) is 11.3 Å². The van der Waals surface area contributed by atoms with E-state index in [1.807, 2.05) is 24.4 Å². The first-order valence-electron chi connectivity index (χ1n) is 16.9. The van der Waals surface area contributed by atoms with Crippen LogP contribution in [0.4, 0.5) is 14.9 Å². The molecule has 0 unspecified atom stereocenters. The number of rotatable bonds is 8. The topological polar surface area (TPSA) is 176 Å². The number of unbranched alkanes of at least 4 members (excludes halogenated alkanes) is 1. The minimum absolute atomic E-state index is 0.0101. The molecule has 3 N–H and O–H groups in total. The van der Waals surface area contributed by atoms with E-state index < -0.39 is 70.7 Å². The maximum Gasteiger partial charge on any atom is 0.410 e. The number of aromatic nitrogens is 3. The number of nitrogens with two attached hydrogens (primary N) is 1. The van der Waals surface area contributed by atoms with Crippen LogP contribution in [0.3, 0.4) is 0 Å². The lowest BCUT2D eigenvalue weighted by Crippen LogP contribution is -2.60. The number of benzene rings is 1. The molecule has 0 radical (unpaired) electrons. The molecular weight excluding hydrogens is 637 g/mol. The molecule has 3 heterocycles. The number of hydrogen-bond acceptors (Lipinski definition) is 11. The molecule has 2 fully saturated rings. The maximum absolute atomic E-state index is 16.1. The van der Waals surface area contributed by atoms with Gasteiger partial charge in [-0.15, -0.1) is 5.10 Å². The molecule has 9 atom stereocenters. The number of ketones is 2. The Morgan fingerprint density at radius 1 is 1.08 bits per heavy atom. The number of aryl methyl sites for hydroxylation is 1. The number of halogens is 1. The van der Waals surface area contributed by atoms with Gasteiger partial charge < -0.3 is 30.0 Å². The molecule has 270 valence electrons. The minimum Gasteiger partial charge on any atom is -0.455 e. The van der Waals surface area contributed by atoms with E-state index in [0.717, 1.165) is 12.5 Å². The van der Waals surface area contributed by atoms with Crippen molar-refractivity contribution < 1.29 is 42.9 Å². The lowest BCUT2D eigenvalue weighted by molar-refractivity contribution is -0.183. The van der Waals surface area contributed by atoms with Gasteiger partial charge in [-0.2, -0.15) is 0 Å². The Bertz CT molecular complexity index is 1550. The summed E-state index contributed by atoms with van der Waals surface area (Å²) in [5.74, 6) is -5.80. The molecule has 0 spiro atoms. The Balaban J connectivity index is 1.62. The Kier molecular flexibility index (Phi) is 11.2. The van der Waals surface area contributed by atoms with Crippen LogP contribution in [0.15, 0.2) is 30.5 Å². The molecular formula is C35H50FN5O8. The first-order chi connectivity index (χ1) is 22.9. The van der Waals surface area contributed by atoms with E-state index in [0.29, 0.717) is 30.8 Å². The number of carbonyl (C=O) groups is 4. The van der Waals surface area contributed by atoms with Crippen molar-refractivity contribution in [1.29, 1.82) is 0 Å². The van der Waals surface area contributed by atoms with E-state index in [2.05, 4.69) is 10.3 Å². The van der Waals surface area contributed by atoms with Crippen molar-refractivity contribution in [2.24, 2.45) is 17.8 Å². The number of hydrogen-bond donors (Lipinski definition) is 2. The second kappa shape index (κ2) is 14.5. The fraction of sp³-hybridized carbons (Fsp3) is 0.657. The number of alkyl halides is 1. The minimum atomic E-state index is -3.12.